The second kappa shape index (κ2) is 8.24. The van der Waals surface area contributed by atoms with Gasteiger partial charge in [0, 0.05) is 25.2 Å². The lowest BCUT2D eigenvalue weighted by Crippen LogP contribution is -2.38. The van der Waals surface area contributed by atoms with Crippen LogP contribution in [0.15, 0.2) is 24.3 Å². The van der Waals surface area contributed by atoms with Crippen LogP contribution in [-0.2, 0) is 10.0 Å². The van der Waals surface area contributed by atoms with E-state index < -0.39 is 15.8 Å². The lowest BCUT2D eigenvalue weighted by molar-refractivity contribution is 0.0951. The SMILES string of the molecule is CC(C)CCN(CCNC(=O)c1ccc(F)cc1)S(C)(=O)=O. The van der Waals surface area contributed by atoms with Crippen molar-refractivity contribution < 1.29 is 17.6 Å². The molecule has 0 aliphatic rings. The number of rotatable bonds is 8. The fraction of sp³-hybridized carbons (Fsp3) is 0.533. The molecule has 5 nitrogen and oxygen atoms in total. The minimum Gasteiger partial charge on any atom is -0.351 e. The maximum atomic E-state index is 12.8. The Hall–Kier alpha value is -1.47. The van der Waals surface area contributed by atoms with Gasteiger partial charge >= 0.3 is 0 Å². The summed E-state index contributed by atoms with van der Waals surface area (Å²) in [6.45, 7) is 4.91. The smallest absolute Gasteiger partial charge is 0.251 e. The number of hydrogen-bond acceptors (Lipinski definition) is 3. The van der Waals surface area contributed by atoms with Gasteiger partial charge in [0.25, 0.3) is 5.91 Å². The van der Waals surface area contributed by atoms with Crippen LogP contribution in [0.3, 0.4) is 0 Å². The number of hydrogen-bond donors (Lipinski definition) is 1. The van der Waals surface area contributed by atoms with Gasteiger partial charge in [-0.25, -0.2) is 17.1 Å². The van der Waals surface area contributed by atoms with Crippen LogP contribution in [0.4, 0.5) is 4.39 Å². The van der Waals surface area contributed by atoms with E-state index in [0.717, 1.165) is 12.7 Å². The minimum atomic E-state index is -3.30. The Labute approximate surface area is 131 Å². The van der Waals surface area contributed by atoms with Crippen LogP contribution in [0.5, 0.6) is 0 Å². The predicted octanol–water partition coefficient (Wildman–Crippen LogP) is 1.86. The molecule has 0 saturated heterocycles. The van der Waals surface area contributed by atoms with Crippen molar-refractivity contribution in [1.29, 1.82) is 0 Å². The van der Waals surface area contributed by atoms with Gasteiger partial charge in [-0.05, 0) is 36.6 Å². The number of sulfonamides is 1. The first kappa shape index (κ1) is 18.6. The standard InChI is InChI=1S/C15H23FN2O3S/c1-12(2)8-10-18(22(3,20)21)11-9-17-15(19)13-4-6-14(16)7-5-13/h4-7,12H,8-11H2,1-3H3,(H,17,19). The molecule has 1 rings (SSSR count). The van der Waals surface area contributed by atoms with Gasteiger partial charge in [0.2, 0.25) is 10.0 Å². The lowest BCUT2D eigenvalue weighted by Gasteiger charge is -2.21. The molecular weight excluding hydrogens is 307 g/mol. The van der Waals surface area contributed by atoms with Gasteiger partial charge in [-0.2, -0.15) is 0 Å². The number of benzene rings is 1. The van der Waals surface area contributed by atoms with E-state index in [4.69, 9.17) is 0 Å². The number of nitrogens with one attached hydrogen (secondary N) is 1. The first-order valence-electron chi connectivity index (χ1n) is 7.19. The normalized spacial score (nSPS) is 11.9. The maximum Gasteiger partial charge on any atom is 0.251 e. The summed E-state index contributed by atoms with van der Waals surface area (Å²) >= 11 is 0. The summed E-state index contributed by atoms with van der Waals surface area (Å²) in [5, 5.41) is 2.64. The Kier molecular flexibility index (Phi) is 6.96. The minimum absolute atomic E-state index is 0.210. The first-order chi connectivity index (χ1) is 10.2. The third kappa shape index (κ3) is 6.53. The van der Waals surface area contributed by atoms with E-state index in [1.807, 2.05) is 13.8 Å². The summed E-state index contributed by atoms with van der Waals surface area (Å²) in [6, 6.07) is 5.19. The van der Waals surface area contributed by atoms with Crippen molar-refractivity contribution in [3.05, 3.63) is 35.6 Å². The summed E-state index contributed by atoms with van der Waals surface area (Å²) in [6.07, 6.45) is 1.92. The Morgan fingerprint density at radius 1 is 1.23 bits per heavy atom. The number of nitrogens with zero attached hydrogens (tertiary/aromatic N) is 1. The van der Waals surface area contributed by atoms with Gasteiger partial charge in [-0.15, -0.1) is 0 Å². The molecule has 0 radical (unpaired) electrons. The van der Waals surface area contributed by atoms with Crippen molar-refractivity contribution in [2.24, 2.45) is 5.92 Å². The Balaban J connectivity index is 2.51. The Bertz CT molecular complexity index is 585. The van der Waals surface area contributed by atoms with E-state index >= 15 is 0 Å². The van der Waals surface area contributed by atoms with Gasteiger partial charge < -0.3 is 5.32 Å². The summed E-state index contributed by atoms with van der Waals surface area (Å²) in [5.74, 6) is -0.358. The van der Waals surface area contributed by atoms with Crippen molar-refractivity contribution in [3.63, 3.8) is 0 Å². The van der Waals surface area contributed by atoms with Crippen molar-refractivity contribution in [3.8, 4) is 0 Å². The van der Waals surface area contributed by atoms with Gasteiger partial charge in [0.05, 0.1) is 6.26 Å². The second-order valence-corrected chi connectivity index (χ2v) is 7.59. The molecule has 0 aliphatic carbocycles. The molecule has 1 N–H and O–H groups in total. The fourth-order valence-corrected chi connectivity index (χ4v) is 2.70. The van der Waals surface area contributed by atoms with Crippen molar-refractivity contribution in [2.45, 2.75) is 20.3 Å². The summed E-state index contributed by atoms with van der Waals surface area (Å²) in [4.78, 5) is 11.9. The molecule has 0 unspecified atom stereocenters. The Morgan fingerprint density at radius 2 is 1.82 bits per heavy atom. The van der Waals surface area contributed by atoms with Crippen molar-refractivity contribution in [2.75, 3.05) is 25.9 Å². The average Bonchev–Trinajstić information content (AvgIpc) is 2.41. The van der Waals surface area contributed by atoms with Crippen LogP contribution in [0.1, 0.15) is 30.6 Å². The topological polar surface area (TPSA) is 66.5 Å². The summed E-state index contributed by atoms with van der Waals surface area (Å²) in [5.41, 5.74) is 0.342. The van der Waals surface area contributed by atoms with Crippen LogP contribution in [0, 0.1) is 11.7 Å². The number of halogens is 1. The number of amides is 1. The van der Waals surface area contributed by atoms with Crippen molar-refractivity contribution >= 4 is 15.9 Å². The number of carbonyl (C=O) groups is 1. The summed E-state index contributed by atoms with van der Waals surface area (Å²) in [7, 11) is -3.30. The molecular formula is C15H23FN2O3S. The molecule has 0 fully saturated rings. The second-order valence-electron chi connectivity index (χ2n) is 5.61. The van der Waals surface area contributed by atoms with Gasteiger partial charge in [-0.3, -0.25) is 4.79 Å². The highest BCUT2D eigenvalue weighted by atomic mass is 32.2. The highest BCUT2D eigenvalue weighted by Crippen LogP contribution is 2.06. The monoisotopic (exact) mass is 330 g/mol. The molecule has 0 aliphatic heterocycles. The zero-order valence-corrected chi connectivity index (χ0v) is 14.0. The molecule has 0 spiro atoms. The van der Waals surface area contributed by atoms with Crippen LogP contribution < -0.4 is 5.32 Å². The van der Waals surface area contributed by atoms with Gasteiger partial charge in [0.15, 0.2) is 0 Å². The van der Waals surface area contributed by atoms with E-state index in [-0.39, 0.29) is 19.0 Å². The molecule has 124 valence electrons. The lowest BCUT2D eigenvalue weighted by atomic mass is 10.1. The quantitative estimate of drug-likeness (QED) is 0.791. The third-order valence-electron chi connectivity index (χ3n) is 3.18. The molecule has 0 aromatic heterocycles. The fourth-order valence-electron chi connectivity index (χ4n) is 1.84. The number of carbonyl (C=O) groups excluding carboxylic acids is 1. The van der Waals surface area contributed by atoms with Crippen LogP contribution in [0.25, 0.3) is 0 Å². The van der Waals surface area contributed by atoms with Crippen LogP contribution in [0.2, 0.25) is 0 Å². The predicted molar refractivity (Wildman–Crippen MR) is 84.6 cm³/mol. The molecule has 0 heterocycles. The molecule has 0 bridgehead atoms. The molecule has 7 heteroatoms. The maximum absolute atomic E-state index is 12.8. The molecule has 1 amide bonds. The van der Waals surface area contributed by atoms with Gasteiger partial charge in [0.1, 0.15) is 5.82 Å². The molecule has 0 saturated carbocycles. The van der Waals surface area contributed by atoms with E-state index in [1.165, 1.54) is 28.6 Å². The zero-order valence-electron chi connectivity index (χ0n) is 13.2. The molecule has 0 atom stereocenters. The van der Waals surface area contributed by atoms with Gasteiger partial charge in [-0.1, -0.05) is 13.8 Å². The van der Waals surface area contributed by atoms with E-state index in [9.17, 15) is 17.6 Å². The van der Waals surface area contributed by atoms with Crippen LogP contribution >= 0.6 is 0 Å². The first-order valence-corrected chi connectivity index (χ1v) is 9.04. The van der Waals surface area contributed by atoms with E-state index in [0.29, 0.717) is 18.0 Å². The third-order valence-corrected chi connectivity index (χ3v) is 4.48. The van der Waals surface area contributed by atoms with E-state index in [1.54, 1.807) is 0 Å². The zero-order chi connectivity index (χ0) is 16.8. The Morgan fingerprint density at radius 3 is 2.32 bits per heavy atom. The molecule has 22 heavy (non-hydrogen) atoms. The highest BCUT2D eigenvalue weighted by molar-refractivity contribution is 7.88. The highest BCUT2D eigenvalue weighted by Gasteiger charge is 2.16. The van der Waals surface area contributed by atoms with E-state index in [2.05, 4.69) is 5.32 Å². The largest absolute Gasteiger partial charge is 0.351 e. The average molecular weight is 330 g/mol. The molecule has 1 aromatic rings. The summed E-state index contributed by atoms with van der Waals surface area (Å²) < 4.78 is 37.5. The molecule has 1 aromatic carbocycles. The van der Waals surface area contributed by atoms with Crippen molar-refractivity contribution in [1.82, 2.24) is 9.62 Å². The van der Waals surface area contributed by atoms with Crippen LogP contribution in [-0.4, -0.2) is 44.5 Å².